The van der Waals surface area contributed by atoms with Gasteiger partial charge in [0.2, 0.25) is 0 Å². The quantitative estimate of drug-likeness (QED) is 0.755. The standard InChI is InChI=1S/C14H18N2/c1-3-11(15)8-9-12-10(2)16-14-7-5-4-6-13(12)14/h3-7,11,16H,1,8-9,15H2,2H3. The molecule has 0 amide bonds. The number of rotatable bonds is 4. The molecule has 3 N–H and O–H groups in total. The number of aryl methyl sites for hydroxylation is 2. The predicted octanol–water partition coefficient (Wildman–Crippen LogP) is 2.92. The van der Waals surface area contributed by atoms with Crippen molar-refractivity contribution in [2.45, 2.75) is 25.8 Å². The maximum absolute atomic E-state index is 5.86. The largest absolute Gasteiger partial charge is 0.358 e. The van der Waals surface area contributed by atoms with E-state index < -0.39 is 0 Å². The number of nitrogens with two attached hydrogens (primary N) is 1. The Morgan fingerprint density at radius 2 is 2.19 bits per heavy atom. The average Bonchev–Trinajstić information content (AvgIpc) is 2.62. The average molecular weight is 214 g/mol. The fourth-order valence-electron chi connectivity index (χ4n) is 2.09. The van der Waals surface area contributed by atoms with E-state index in [4.69, 9.17) is 5.73 Å². The van der Waals surface area contributed by atoms with Crippen LogP contribution in [0.25, 0.3) is 10.9 Å². The molecule has 0 aliphatic carbocycles. The van der Waals surface area contributed by atoms with Crippen LogP contribution in [0.1, 0.15) is 17.7 Å². The second-order valence-electron chi connectivity index (χ2n) is 4.21. The van der Waals surface area contributed by atoms with E-state index in [0.717, 1.165) is 12.8 Å². The van der Waals surface area contributed by atoms with Crippen LogP contribution in [0, 0.1) is 6.92 Å². The Hall–Kier alpha value is -1.54. The fourth-order valence-corrected chi connectivity index (χ4v) is 2.09. The summed E-state index contributed by atoms with van der Waals surface area (Å²) in [7, 11) is 0. The molecule has 0 radical (unpaired) electrons. The molecule has 0 fully saturated rings. The molecule has 1 aromatic heterocycles. The summed E-state index contributed by atoms with van der Waals surface area (Å²) in [4.78, 5) is 3.40. The van der Waals surface area contributed by atoms with Crippen molar-refractivity contribution in [2.75, 3.05) is 0 Å². The molecule has 0 saturated heterocycles. The van der Waals surface area contributed by atoms with E-state index >= 15 is 0 Å². The van der Waals surface area contributed by atoms with Gasteiger partial charge in [0.1, 0.15) is 0 Å². The van der Waals surface area contributed by atoms with Crippen LogP contribution in [0.4, 0.5) is 0 Å². The molecule has 16 heavy (non-hydrogen) atoms. The SMILES string of the molecule is C=CC(N)CCc1c(C)[nH]c2ccccc12. The maximum Gasteiger partial charge on any atom is 0.0458 e. The third kappa shape index (κ3) is 2.02. The first-order valence-corrected chi connectivity index (χ1v) is 5.66. The predicted molar refractivity (Wildman–Crippen MR) is 69.5 cm³/mol. The summed E-state index contributed by atoms with van der Waals surface area (Å²) in [6.45, 7) is 5.83. The van der Waals surface area contributed by atoms with Gasteiger partial charge in [-0.15, -0.1) is 6.58 Å². The number of nitrogens with one attached hydrogen (secondary N) is 1. The molecular weight excluding hydrogens is 196 g/mol. The van der Waals surface area contributed by atoms with Crippen LogP contribution >= 0.6 is 0 Å². The minimum atomic E-state index is 0.0908. The van der Waals surface area contributed by atoms with Gasteiger partial charge in [-0.1, -0.05) is 24.3 Å². The number of para-hydroxylation sites is 1. The first-order chi connectivity index (χ1) is 7.72. The highest BCUT2D eigenvalue weighted by Crippen LogP contribution is 2.23. The Morgan fingerprint density at radius 3 is 2.94 bits per heavy atom. The van der Waals surface area contributed by atoms with Gasteiger partial charge < -0.3 is 10.7 Å². The molecule has 2 rings (SSSR count). The molecule has 0 aliphatic heterocycles. The van der Waals surface area contributed by atoms with Crippen LogP contribution < -0.4 is 5.73 Å². The summed E-state index contributed by atoms with van der Waals surface area (Å²) in [5, 5.41) is 1.32. The van der Waals surface area contributed by atoms with E-state index in [9.17, 15) is 0 Å². The lowest BCUT2D eigenvalue weighted by Gasteiger charge is -2.05. The van der Waals surface area contributed by atoms with E-state index in [-0.39, 0.29) is 6.04 Å². The lowest BCUT2D eigenvalue weighted by molar-refractivity contribution is 0.722. The smallest absolute Gasteiger partial charge is 0.0458 e. The molecule has 1 heterocycles. The lowest BCUT2D eigenvalue weighted by atomic mass is 10.0. The highest BCUT2D eigenvalue weighted by molar-refractivity contribution is 5.84. The molecule has 1 aromatic carbocycles. The molecule has 2 heteroatoms. The zero-order valence-electron chi connectivity index (χ0n) is 9.66. The summed E-state index contributed by atoms with van der Waals surface area (Å²) in [5.74, 6) is 0. The summed E-state index contributed by atoms with van der Waals surface area (Å²) < 4.78 is 0. The second-order valence-corrected chi connectivity index (χ2v) is 4.21. The third-order valence-corrected chi connectivity index (χ3v) is 3.06. The summed E-state index contributed by atoms with van der Waals surface area (Å²) in [6.07, 6.45) is 3.76. The molecule has 84 valence electrons. The van der Waals surface area contributed by atoms with Crippen LogP contribution in [-0.2, 0) is 6.42 Å². The molecule has 2 nitrogen and oxygen atoms in total. The van der Waals surface area contributed by atoms with Gasteiger partial charge in [0.15, 0.2) is 0 Å². The maximum atomic E-state index is 5.86. The van der Waals surface area contributed by atoms with E-state index in [0.29, 0.717) is 0 Å². The summed E-state index contributed by atoms with van der Waals surface area (Å²) in [5.41, 5.74) is 9.70. The number of aromatic amines is 1. The number of fused-ring (bicyclic) bond motifs is 1. The molecule has 0 aliphatic rings. The van der Waals surface area contributed by atoms with Crippen molar-refractivity contribution in [3.05, 3.63) is 48.2 Å². The van der Waals surface area contributed by atoms with Gasteiger partial charge in [-0.05, 0) is 31.4 Å². The van der Waals surface area contributed by atoms with Crippen molar-refractivity contribution in [2.24, 2.45) is 5.73 Å². The highest BCUT2D eigenvalue weighted by Gasteiger charge is 2.08. The normalized spacial score (nSPS) is 12.9. The van der Waals surface area contributed by atoms with Crippen molar-refractivity contribution in [1.29, 1.82) is 0 Å². The minimum absolute atomic E-state index is 0.0908. The van der Waals surface area contributed by atoms with Crippen molar-refractivity contribution < 1.29 is 0 Å². The summed E-state index contributed by atoms with van der Waals surface area (Å²) >= 11 is 0. The summed E-state index contributed by atoms with van der Waals surface area (Å²) in [6, 6.07) is 8.49. The Bertz CT molecular complexity index is 496. The molecular formula is C14H18N2. The van der Waals surface area contributed by atoms with E-state index in [2.05, 4.69) is 42.8 Å². The zero-order valence-corrected chi connectivity index (χ0v) is 9.66. The Balaban J connectivity index is 2.29. The van der Waals surface area contributed by atoms with Gasteiger partial charge in [-0.2, -0.15) is 0 Å². The van der Waals surface area contributed by atoms with Gasteiger partial charge in [0.25, 0.3) is 0 Å². The Kier molecular flexibility index (Phi) is 3.11. The van der Waals surface area contributed by atoms with Crippen molar-refractivity contribution >= 4 is 10.9 Å². The first kappa shape index (κ1) is 11.0. The number of H-pyrrole nitrogens is 1. The Morgan fingerprint density at radius 1 is 1.44 bits per heavy atom. The third-order valence-electron chi connectivity index (χ3n) is 3.06. The fraction of sp³-hybridized carbons (Fsp3) is 0.286. The van der Waals surface area contributed by atoms with Crippen LogP contribution in [0.15, 0.2) is 36.9 Å². The van der Waals surface area contributed by atoms with Crippen LogP contribution in [0.5, 0.6) is 0 Å². The molecule has 1 unspecified atom stereocenters. The van der Waals surface area contributed by atoms with Gasteiger partial charge in [-0.3, -0.25) is 0 Å². The molecule has 1 atom stereocenters. The van der Waals surface area contributed by atoms with Crippen molar-refractivity contribution in [3.8, 4) is 0 Å². The van der Waals surface area contributed by atoms with Gasteiger partial charge in [-0.25, -0.2) is 0 Å². The molecule has 0 bridgehead atoms. The van der Waals surface area contributed by atoms with E-state index in [1.54, 1.807) is 0 Å². The number of hydrogen-bond acceptors (Lipinski definition) is 1. The highest BCUT2D eigenvalue weighted by atomic mass is 14.7. The van der Waals surface area contributed by atoms with Crippen molar-refractivity contribution in [1.82, 2.24) is 4.98 Å². The van der Waals surface area contributed by atoms with Crippen LogP contribution in [0.3, 0.4) is 0 Å². The topological polar surface area (TPSA) is 41.8 Å². The van der Waals surface area contributed by atoms with Gasteiger partial charge in [0.05, 0.1) is 0 Å². The minimum Gasteiger partial charge on any atom is -0.358 e. The Labute approximate surface area is 96.2 Å². The number of hydrogen-bond donors (Lipinski definition) is 2. The monoisotopic (exact) mass is 214 g/mol. The van der Waals surface area contributed by atoms with Gasteiger partial charge >= 0.3 is 0 Å². The van der Waals surface area contributed by atoms with Crippen LogP contribution in [-0.4, -0.2) is 11.0 Å². The molecule has 0 spiro atoms. The molecule has 2 aromatic rings. The number of aromatic nitrogens is 1. The van der Waals surface area contributed by atoms with Gasteiger partial charge in [0, 0.05) is 22.6 Å². The van der Waals surface area contributed by atoms with Crippen LogP contribution in [0.2, 0.25) is 0 Å². The van der Waals surface area contributed by atoms with E-state index in [1.807, 2.05) is 6.08 Å². The molecule has 0 saturated carbocycles. The van der Waals surface area contributed by atoms with Crippen molar-refractivity contribution in [3.63, 3.8) is 0 Å². The zero-order chi connectivity index (χ0) is 11.5. The second kappa shape index (κ2) is 4.54. The van der Waals surface area contributed by atoms with E-state index in [1.165, 1.54) is 22.2 Å². The number of benzene rings is 1. The lowest BCUT2D eigenvalue weighted by Crippen LogP contribution is -2.17. The first-order valence-electron chi connectivity index (χ1n) is 5.66.